The molecule has 2 rings (SSSR count). The molecule has 0 amide bonds. The largest absolute Gasteiger partial charge is 0.315 e. The molecule has 0 radical (unpaired) electrons. The van der Waals surface area contributed by atoms with E-state index >= 15 is 0 Å². The van der Waals surface area contributed by atoms with Crippen molar-refractivity contribution >= 4 is 0 Å². The minimum Gasteiger partial charge on any atom is -0.315 e. The molecule has 1 atom stereocenters. The fourth-order valence-electron chi connectivity index (χ4n) is 3.16. The van der Waals surface area contributed by atoms with Gasteiger partial charge in [-0.05, 0) is 69.4 Å². The monoisotopic (exact) mass is 278 g/mol. The molecule has 0 spiro atoms. The maximum atomic E-state index is 12.9. The first-order valence-corrected chi connectivity index (χ1v) is 7.87. The zero-order valence-corrected chi connectivity index (χ0v) is 12.7. The summed E-state index contributed by atoms with van der Waals surface area (Å²) in [5, 5.41) is 3.50. The van der Waals surface area contributed by atoms with E-state index in [2.05, 4.69) is 24.1 Å². The maximum Gasteiger partial charge on any atom is 0.123 e. The minimum absolute atomic E-state index is 0.148. The Morgan fingerprint density at radius 2 is 1.90 bits per heavy atom. The summed E-state index contributed by atoms with van der Waals surface area (Å²) in [5.74, 6) is 0.707. The van der Waals surface area contributed by atoms with Crippen molar-refractivity contribution in [2.24, 2.45) is 5.92 Å². The molecule has 1 unspecified atom stereocenters. The molecule has 1 heterocycles. The Morgan fingerprint density at radius 1 is 1.25 bits per heavy atom. The molecule has 2 nitrogen and oxygen atoms in total. The van der Waals surface area contributed by atoms with Gasteiger partial charge in [0.05, 0.1) is 0 Å². The average molecular weight is 278 g/mol. The van der Waals surface area contributed by atoms with Crippen LogP contribution >= 0.6 is 0 Å². The van der Waals surface area contributed by atoms with Crippen LogP contribution in [-0.4, -0.2) is 30.6 Å². The van der Waals surface area contributed by atoms with E-state index in [4.69, 9.17) is 0 Å². The predicted molar refractivity (Wildman–Crippen MR) is 82.2 cm³/mol. The molecule has 0 saturated carbocycles. The summed E-state index contributed by atoms with van der Waals surface area (Å²) in [7, 11) is 0. The van der Waals surface area contributed by atoms with Gasteiger partial charge in [0, 0.05) is 12.6 Å². The summed E-state index contributed by atoms with van der Waals surface area (Å²) < 4.78 is 12.9. The standard InChI is InChI=1S/C17H27FN2/c1-3-19-14(2)12-15-8-10-20(11-9-15)13-16-4-6-17(18)7-5-16/h4-7,14-15,19H,3,8-13H2,1-2H3. The molecule has 0 aromatic heterocycles. The van der Waals surface area contributed by atoms with Gasteiger partial charge < -0.3 is 5.32 Å². The SMILES string of the molecule is CCNC(C)CC1CCN(Cc2ccc(F)cc2)CC1. The van der Waals surface area contributed by atoms with E-state index < -0.39 is 0 Å². The smallest absolute Gasteiger partial charge is 0.123 e. The second kappa shape index (κ2) is 7.75. The Hall–Kier alpha value is -0.930. The Kier molecular flexibility index (Phi) is 5.99. The number of halogens is 1. The van der Waals surface area contributed by atoms with Crippen LogP contribution in [0.5, 0.6) is 0 Å². The molecule has 3 heteroatoms. The molecule has 1 aromatic carbocycles. The number of hydrogen-bond donors (Lipinski definition) is 1. The van der Waals surface area contributed by atoms with Crippen LogP contribution in [0.3, 0.4) is 0 Å². The second-order valence-corrected chi connectivity index (χ2v) is 6.04. The highest BCUT2D eigenvalue weighted by Gasteiger charge is 2.20. The molecule has 0 bridgehead atoms. The number of rotatable bonds is 6. The van der Waals surface area contributed by atoms with E-state index in [9.17, 15) is 4.39 Å². The third-order valence-electron chi connectivity index (χ3n) is 4.27. The van der Waals surface area contributed by atoms with E-state index in [1.807, 2.05) is 12.1 Å². The van der Waals surface area contributed by atoms with E-state index in [1.165, 1.54) is 37.9 Å². The lowest BCUT2D eigenvalue weighted by atomic mass is 9.90. The first-order valence-electron chi connectivity index (χ1n) is 7.87. The molecule has 0 aliphatic carbocycles. The van der Waals surface area contributed by atoms with Crippen LogP contribution in [0, 0.1) is 11.7 Å². The Balaban J connectivity index is 1.72. The number of piperidine rings is 1. The van der Waals surface area contributed by atoms with Crippen LogP contribution in [0.2, 0.25) is 0 Å². The topological polar surface area (TPSA) is 15.3 Å². The number of likely N-dealkylation sites (tertiary alicyclic amines) is 1. The van der Waals surface area contributed by atoms with Gasteiger partial charge in [0.1, 0.15) is 5.82 Å². The third-order valence-corrected chi connectivity index (χ3v) is 4.27. The van der Waals surface area contributed by atoms with Gasteiger partial charge in [-0.1, -0.05) is 19.1 Å². The van der Waals surface area contributed by atoms with Crippen molar-refractivity contribution < 1.29 is 4.39 Å². The van der Waals surface area contributed by atoms with Gasteiger partial charge in [-0.15, -0.1) is 0 Å². The highest BCUT2D eigenvalue weighted by molar-refractivity contribution is 5.15. The van der Waals surface area contributed by atoms with Crippen molar-refractivity contribution in [3.63, 3.8) is 0 Å². The van der Waals surface area contributed by atoms with Crippen molar-refractivity contribution in [2.45, 2.75) is 45.7 Å². The highest BCUT2D eigenvalue weighted by Crippen LogP contribution is 2.23. The average Bonchev–Trinajstić information content (AvgIpc) is 2.44. The third kappa shape index (κ3) is 4.88. The number of hydrogen-bond acceptors (Lipinski definition) is 2. The van der Waals surface area contributed by atoms with Gasteiger partial charge in [-0.25, -0.2) is 4.39 Å². The summed E-state index contributed by atoms with van der Waals surface area (Å²) in [6.07, 6.45) is 3.87. The van der Waals surface area contributed by atoms with Gasteiger partial charge in [-0.2, -0.15) is 0 Å². The van der Waals surface area contributed by atoms with Crippen LogP contribution < -0.4 is 5.32 Å². The molecule has 1 N–H and O–H groups in total. The lowest BCUT2D eigenvalue weighted by molar-refractivity contribution is 0.166. The second-order valence-electron chi connectivity index (χ2n) is 6.04. The fraction of sp³-hybridized carbons (Fsp3) is 0.647. The Morgan fingerprint density at radius 3 is 2.50 bits per heavy atom. The van der Waals surface area contributed by atoms with Crippen LogP contribution in [0.15, 0.2) is 24.3 Å². The first kappa shape index (κ1) is 15.5. The molecule has 112 valence electrons. The van der Waals surface area contributed by atoms with Gasteiger partial charge in [0.25, 0.3) is 0 Å². The molecule has 1 aromatic rings. The normalized spacial score (nSPS) is 19.1. The van der Waals surface area contributed by atoms with Gasteiger partial charge in [-0.3, -0.25) is 4.90 Å². The summed E-state index contributed by atoms with van der Waals surface area (Å²) in [6, 6.07) is 7.54. The van der Waals surface area contributed by atoms with E-state index in [0.29, 0.717) is 6.04 Å². The molecular weight excluding hydrogens is 251 g/mol. The molecular formula is C17H27FN2. The summed E-state index contributed by atoms with van der Waals surface area (Å²) in [4.78, 5) is 2.49. The van der Waals surface area contributed by atoms with Crippen LogP contribution in [0.25, 0.3) is 0 Å². The lowest BCUT2D eigenvalue weighted by Gasteiger charge is -2.33. The van der Waals surface area contributed by atoms with E-state index in [1.54, 1.807) is 12.1 Å². The van der Waals surface area contributed by atoms with Crippen molar-refractivity contribution in [3.8, 4) is 0 Å². The van der Waals surface area contributed by atoms with E-state index in [-0.39, 0.29) is 5.82 Å². The molecule has 1 aliphatic heterocycles. The van der Waals surface area contributed by atoms with Crippen molar-refractivity contribution in [1.82, 2.24) is 10.2 Å². The van der Waals surface area contributed by atoms with Crippen LogP contribution in [-0.2, 0) is 6.54 Å². The van der Waals surface area contributed by atoms with Gasteiger partial charge in [0.15, 0.2) is 0 Å². The summed E-state index contributed by atoms with van der Waals surface area (Å²) in [6.45, 7) is 8.80. The minimum atomic E-state index is -0.148. The van der Waals surface area contributed by atoms with E-state index in [0.717, 1.165) is 19.0 Å². The quantitative estimate of drug-likeness (QED) is 0.857. The zero-order valence-electron chi connectivity index (χ0n) is 12.7. The number of benzene rings is 1. The molecule has 1 fully saturated rings. The van der Waals surface area contributed by atoms with Crippen LogP contribution in [0.1, 0.15) is 38.7 Å². The number of nitrogens with zero attached hydrogens (tertiary/aromatic N) is 1. The summed E-state index contributed by atoms with van der Waals surface area (Å²) >= 11 is 0. The Labute approximate surface area is 122 Å². The van der Waals surface area contributed by atoms with Crippen molar-refractivity contribution in [1.29, 1.82) is 0 Å². The molecule has 1 saturated heterocycles. The molecule has 1 aliphatic rings. The van der Waals surface area contributed by atoms with Crippen molar-refractivity contribution in [3.05, 3.63) is 35.6 Å². The van der Waals surface area contributed by atoms with Crippen molar-refractivity contribution in [2.75, 3.05) is 19.6 Å². The zero-order chi connectivity index (χ0) is 14.4. The fourth-order valence-corrected chi connectivity index (χ4v) is 3.16. The molecule has 20 heavy (non-hydrogen) atoms. The highest BCUT2D eigenvalue weighted by atomic mass is 19.1. The Bertz CT molecular complexity index is 382. The lowest BCUT2D eigenvalue weighted by Crippen LogP contribution is -2.36. The van der Waals surface area contributed by atoms with Gasteiger partial charge >= 0.3 is 0 Å². The number of nitrogens with one attached hydrogen (secondary N) is 1. The first-order chi connectivity index (χ1) is 9.67. The van der Waals surface area contributed by atoms with Gasteiger partial charge in [0.2, 0.25) is 0 Å². The predicted octanol–water partition coefficient (Wildman–Crippen LogP) is 3.43. The maximum absolute atomic E-state index is 12.9. The summed E-state index contributed by atoms with van der Waals surface area (Å²) in [5.41, 5.74) is 1.21. The van der Waals surface area contributed by atoms with Crippen LogP contribution in [0.4, 0.5) is 4.39 Å².